The van der Waals surface area contributed by atoms with Crippen molar-refractivity contribution in [2.24, 2.45) is 0 Å². The Morgan fingerprint density at radius 2 is 2.05 bits per heavy atom. The molecule has 0 unspecified atom stereocenters. The molecule has 0 aliphatic carbocycles. The molecule has 0 aliphatic rings. The molecule has 110 valence electrons. The van der Waals surface area contributed by atoms with Gasteiger partial charge in [0, 0.05) is 5.02 Å². The Kier molecular flexibility index (Phi) is 3.93. The second kappa shape index (κ2) is 5.38. The molecule has 0 radical (unpaired) electrons. The van der Waals surface area contributed by atoms with E-state index in [9.17, 15) is 10.1 Å². The number of benzene rings is 1. The third-order valence-electron chi connectivity index (χ3n) is 3.20. The van der Waals surface area contributed by atoms with Gasteiger partial charge < -0.3 is 0 Å². The van der Waals surface area contributed by atoms with Crippen LogP contribution in [-0.4, -0.2) is 14.3 Å². The lowest BCUT2D eigenvalue weighted by atomic mass is 10.1. The molecule has 6 heteroatoms. The molecule has 2 rings (SSSR count). The maximum Gasteiger partial charge on any atom is 0.346 e. The minimum Gasteiger partial charge on any atom is -0.275 e. The van der Waals surface area contributed by atoms with Crippen LogP contribution in [0, 0.1) is 18.3 Å². The van der Waals surface area contributed by atoms with Gasteiger partial charge in [-0.15, -0.1) is 0 Å². The summed E-state index contributed by atoms with van der Waals surface area (Å²) in [6.45, 7) is 7.86. The minimum absolute atomic E-state index is 0.182. The normalized spacial score (nSPS) is 11.4. The molecule has 0 saturated carbocycles. The highest BCUT2D eigenvalue weighted by molar-refractivity contribution is 6.30. The highest BCUT2D eigenvalue weighted by atomic mass is 35.5. The van der Waals surface area contributed by atoms with E-state index in [-0.39, 0.29) is 11.2 Å². The molecule has 1 heterocycles. The maximum absolute atomic E-state index is 12.5. The number of nitrogens with zero attached hydrogens (tertiary/aromatic N) is 4. The van der Waals surface area contributed by atoms with Gasteiger partial charge >= 0.3 is 5.69 Å². The van der Waals surface area contributed by atoms with Gasteiger partial charge in [-0.1, -0.05) is 17.7 Å². The van der Waals surface area contributed by atoms with Gasteiger partial charge in [-0.05, 0) is 45.4 Å². The highest BCUT2D eigenvalue weighted by Gasteiger charge is 2.21. The first-order chi connectivity index (χ1) is 9.74. The molecule has 0 atom stereocenters. The van der Waals surface area contributed by atoms with Crippen LogP contribution in [0.1, 0.15) is 37.7 Å². The molecule has 0 fully saturated rings. The number of halogens is 1. The summed E-state index contributed by atoms with van der Waals surface area (Å²) in [5, 5.41) is 14.0. The summed E-state index contributed by atoms with van der Waals surface area (Å²) in [7, 11) is 0. The van der Waals surface area contributed by atoms with Crippen LogP contribution in [0.5, 0.6) is 0 Å². The molecule has 21 heavy (non-hydrogen) atoms. The van der Waals surface area contributed by atoms with Crippen LogP contribution in [-0.2, 0) is 12.1 Å². The zero-order chi connectivity index (χ0) is 15.8. The molecule has 0 aliphatic heterocycles. The first-order valence-electron chi connectivity index (χ1n) is 6.59. The predicted octanol–water partition coefficient (Wildman–Crippen LogP) is 2.68. The van der Waals surface area contributed by atoms with E-state index in [1.807, 2.05) is 20.8 Å². The number of rotatable bonds is 2. The molecule has 1 aromatic carbocycles. The lowest BCUT2D eigenvalue weighted by molar-refractivity contribution is 0.340. The van der Waals surface area contributed by atoms with E-state index < -0.39 is 0 Å². The molecule has 0 spiro atoms. The van der Waals surface area contributed by atoms with Crippen LogP contribution >= 0.6 is 11.6 Å². The molecule has 0 N–H and O–H groups in total. The molecule has 0 saturated heterocycles. The van der Waals surface area contributed by atoms with Gasteiger partial charge in [0.1, 0.15) is 5.82 Å². The predicted molar refractivity (Wildman–Crippen MR) is 81.5 cm³/mol. The summed E-state index contributed by atoms with van der Waals surface area (Å²) in [5.41, 5.74) is 0.655. The smallest absolute Gasteiger partial charge is 0.275 e. The van der Waals surface area contributed by atoms with Gasteiger partial charge in [-0.25, -0.2) is 9.48 Å². The highest BCUT2D eigenvalue weighted by Crippen LogP contribution is 2.17. The molecular formula is C15H17ClN4O. The van der Waals surface area contributed by atoms with Crippen molar-refractivity contribution in [3.63, 3.8) is 0 Å². The van der Waals surface area contributed by atoms with E-state index in [4.69, 9.17) is 11.6 Å². The Bertz CT molecular complexity index is 774. The van der Waals surface area contributed by atoms with E-state index in [0.717, 1.165) is 5.56 Å². The Morgan fingerprint density at radius 1 is 1.38 bits per heavy atom. The lowest BCUT2D eigenvalue weighted by Gasteiger charge is -2.16. The van der Waals surface area contributed by atoms with Crippen molar-refractivity contribution in [3.8, 4) is 6.07 Å². The number of hydrogen-bond acceptors (Lipinski definition) is 3. The van der Waals surface area contributed by atoms with Gasteiger partial charge in [0.25, 0.3) is 0 Å². The number of nitriles is 1. The fraction of sp³-hybridized carbons (Fsp3) is 0.400. The van der Waals surface area contributed by atoms with Crippen LogP contribution in [0.3, 0.4) is 0 Å². The summed E-state index contributed by atoms with van der Waals surface area (Å²) >= 11 is 5.89. The Balaban J connectivity index is 2.49. The van der Waals surface area contributed by atoms with Crippen molar-refractivity contribution in [1.29, 1.82) is 5.26 Å². The van der Waals surface area contributed by atoms with Crippen LogP contribution in [0.15, 0.2) is 23.0 Å². The van der Waals surface area contributed by atoms with E-state index in [1.54, 1.807) is 29.7 Å². The standard InChI is InChI=1S/C15H17ClN4O/c1-10-18-20(15(2,3)4)14(21)19(10)9-11-5-6-13(16)7-12(11)8-17/h5-7H,9H2,1-4H3. The summed E-state index contributed by atoms with van der Waals surface area (Å²) < 4.78 is 3.03. The van der Waals surface area contributed by atoms with Gasteiger partial charge in [0.2, 0.25) is 0 Å². The van der Waals surface area contributed by atoms with Crippen LogP contribution < -0.4 is 5.69 Å². The number of aryl methyl sites for hydroxylation is 1. The monoisotopic (exact) mass is 304 g/mol. The Hall–Kier alpha value is -2.06. The molecular weight excluding hydrogens is 288 g/mol. The SMILES string of the molecule is Cc1nn(C(C)(C)C)c(=O)n1Cc1ccc(Cl)cc1C#N. The van der Waals surface area contributed by atoms with Crippen molar-refractivity contribution in [1.82, 2.24) is 14.3 Å². The summed E-state index contributed by atoms with van der Waals surface area (Å²) in [5.74, 6) is 0.619. The molecule has 1 aromatic heterocycles. The molecule has 0 bridgehead atoms. The van der Waals surface area contributed by atoms with Crippen molar-refractivity contribution in [2.45, 2.75) is 39.8 Å². The van der Waals surface area contributed by atoms with Crippen LogP contribution in [0.4, 0.5) is 0 Å². The van der Waals surface area contributed by atoms with Crippen LogP contribution in [0.25, 0.3) is 0 Å². The van der Waals surface area contributed by atoms with Crippen molar-refractivity contribution < 1.29 is 0 Å². The van der Waals surface area contributed by atoms with Gasteiger partial charge in [0.15, 0.2) is 0 Å². The zero-order valence-corrected chi connectivity index (χ0v) is 13.3. The lowest BCUT2D eigenvalue weighted by Crippen LogP contribution is -2.36. The van der Waals surface area contributed by atoms with Gasteiger partial charge in [0.05, 0.1) is 23.7 Å². The van der Waals surface area contributed by atoms with Crippen molar-refractivity contribution in [3.05, 3.63) is 50.7 Å². The average molecular weight is 305 g/mol. The van der Waals surface area contributed by atoms with E-state index in [2.05, 4.69) is 11.2 Å². The Morgan fingerprint density at radius 3 is 2.57 bits per heavy atom. The fourth-order valence-electron chi connectivity index (χ4n) is 2.07. The topological polar surface area (TPSA) is 63.6 Å². The van der Waals surface area contributed by atoms with Crippen molar-refractivity contribution in [2.75, 3.05) is 0 Å². The second-order valence-electron chi connectivity index (χ2n) is 5.91. The summed E-state index contributed by atoms with van der Waals surface area (Å²) in [6.07, 6.45) is 0. The van der Waals surface area contributed by atoms with Gasteiger partial charge in [-0.3, -0.25) is 4.57 Å². The first-order valence-corrected chi connectivity index (χ1v) is 6.97. The third kappa shape index (κ3) is 3.01. The Labute approximate surface area is 128 Å². The number of hydrogen-bond donors (Lipinski definition) is 0. The fourth-order valence-corrected chi connectivity index (χ4v) is 2.25. The van der Waals surface area contributed by atoms with Gasteiger partial charge in [-0.2, -0.15) is 10.4 Å². The summed E-state index contributed by atoms with van der Waals surface area (Å²) in [6, 6.07) is 7.19. The molecule has 5 nitrogen and oxygen atoms in total. The number of aromatic nitrogens is 3. The van der Waals surface area contributed by atoms with E-state index in [1.165, 1.54) is 4.68 Å². The maximum atomic E-state index is 12.5. The minimum atomic E-state index is -0.384. The largest absolute Gasteiger partial charge is 0.346 e. The third-order valence-corrected chi connectivity index (χ3v) is 3.44. The average Bonchev–Trinajstić information content (AvgIpc) is 2.68. The van der Waals surface area contributed by atoms with Crippen LogP contribution in [0.2, 0.25) is 5.02 Å². The zero-order valence-electron chi connectivity index (χ0n) is 12.5. The first kappa shape index (κ1) is 15.3. The van der Waals surface area contributed by atoms with E-state index >= 15 is 0 Å². The molecule has 2 aromatic rings. The summed E-state index contributed by atoms with van der Waals surface area (Å²) in [4.78, 5) is 12.5. The quantitative estimate of drug-likeness (QED) is 0.857. The second-order valence-corrected chi connectivity index (χ2v) is 6.35. The van der Waals surface area contributed by atoms with Crippen molar-refractivity contribution >= 4 is 11.6 Å². The van der Waals surface area contributed by atoms with E-state index in [0.29, 0.717) is 23.0 Å². The molecule has 0 amide bonds.